The highest BCUT2D eigenvalue weighted by molar-refractivity contribution is 6.34. The van der Waals surface area contributed by atoms with Gasteiger partial charge in [0.2, 0.25) is 0 Å². The van der Waals surface area contributed by atoms with Gasteiger partial charge in [0.15, 0.2) is 11.6 Å². The smallest absolute Gasteiger partial charge is 0.319 e. The molecule has 7 nitrogen and oxygen atoms in total. The van der Waals surface area contributed by atoms with Crippen molar-refractivity contribution in [3.63, 3.8) is 0 Å². The number of hydrogen-bond acceptors (Lipinski definition) is 7. The number of ether oxygens (including phenoxy) is 1. The maximum absolute atomic E-state index is 16.6. The molecule has 1 atom stereocenters. The summed E-state index contributed by atoms with van der Waals surface area (Å²) in [5, 5.41) is 4.25. The number of carbonyl (C=O) groups is 1. The Morgan fingerprint density at radius 2 is 1.95 bits per heavy atom. The highest BCUT2D eigenvalue weighted by Gasteiger charge is 2.40. The molecule has 212 valence electrons. The quantitative estimate of drug-likeness (QED) is 0.435. The molecule has 2 aromatic carbocycles. The second-order valence-electron chi connectivity index (χ2n) is 11.7. The van der Waals surface area contributed by atoms with Gasteiger partial charge in [-0.1, -0.05) is 29.8 Å². The van der Waals surface area contributed by atoms with E-state index in [1.807, 2.05) is 12.1 Å². The Balaban J connectivity index is 0.00000289. The van der Waals surface area contributed by atoms with Crippen LogP contribution in [0, 0.1) is 11.2 Å². The summed E-state index contributed by atoms with van der Waals surface area (Å²) in [4.78, 5) is 26.7. The number of aryl methyl sites for hydroxylation is 1. The van der Waals surface area contributed by atoms with Gasteiger partial charge in [0.25, 0.3) is 0 Å². The number of hydrogen-bond donors (Lipinski definition) is 1. The van der Waals surface area contributed by atoms with E-state index in [1.54, 1.807) is 12.1 Å². The zero-order valence-electron chi connectivity index (χ0n) is 22.6. The van der Waals surface area contributed by atoms with Crippen LogP contribution in [0.25, 0.3) is 22.0 Å². The SMILES string of the molecule is CN1CCC[C@H]1COc1nc(N2CCC3(CC2)CNC3)c2cc(Cl)c(-c3cccc4c3C(=O)CC4)c(F)c2n1.Cl. The minimum atomic E-state index is -0.534. The Morgan fingerprint density at radius 3 is 2.65 bits per heavy atom. The number of ketones is 1. The van der Waals surface area contributed by atoms with Crippen LogP contribution in [0.1, 0.15) is 48.0 Å². The van der Waals surface area contributed by atoms with Crippen molar-refractivity contribution < 1.29 is 13.9 Å². The Hall–Kier alpha value is -2.52. The highest BCUT2D eigenvalue weighted by atomic mass is 35.5. The van der Waals surface area contributed by atoms with Crippen LogP contribution in [-0.2, 0) is 6.42 Å². The van der Waals surface area contributed by atoms with E-state index in [1.165, 1.54) is 0 Å². The van der Waals surface area contributed by atoms with E-state index in [0.29, 0.717) is 47.2 Å². The molecule has 3 saturated heterocycles. The number of carbonyl (C=O) groups excluding carboxylic acids is 1. The lowest BCUT2D eigenvalue weighted by atomic mass is 9.73. The van der Waals surface area contributed by atoms with Gasteiger partial charge in [0.05, 0.1) is 5.02 Å². The third-order valence-corrected chi connectivity index (χ3v) is 9.66. The number of benzene rings is 2. The van der Waals surface area contributed by atoms with Gasteiger partial charge >= 0.3 is 6.01 Å². The van der Waals surface area contributed by atoms with Gasteiger partial charge in [-0.25, -0.2) is 4.39 Å². The van der Waals surface area contributed by atoms with Crippen molar-refractivity contribution in [2.24, 2.45) is 5.41 Å². The molecule has 0 amide bonds. The molecule has 1 aromatic heterocycles. The highest BCUT2D eigenvalue weighted by Crippen LogP contribution is 2.43. The molecular formula is C30H34Cl2FN5O2. The standard InChI is InChI=1S/C30H33ClFN5O2.ClH/c1-36-11-3-5-19(36)15-39-29-34-27-21(28(35-29)37-12-9-30(10-13-37)16-33-17-30)14-22(31)25(26(27)32)20-6-2-4-18-7-8-23(38)24(18)20;/h2,4,6,14,19,33H,3,5,7-13,15-17H2,1H3;1H/t19-;/m0./s1. The molecule has 4 heterocycles. The number of anilines is 1. The number of nitrogens with zero attached hydrogens (tertiary/aromatic N) is 4. The molecule has 40 heavy (non-hydrogen) atoms. The second kappa shape index (κ2) is 10.7. The summed E-state index contributed by atoms with van der Waals surface area (Å²) < 4.78 is 22.7. The van der Waals surface area contributed by atoms with Crippen molar-refractivity contribution in [1.29, 1.82) is 0 Å². The number of rotatable bonds is 5. The van der Waals surface area contributed by atoms with Gasteiger partial charge in [-0.15, -0.1) is 12.4 Å². The topological polar surface area (TPSA) is 70.6 Å². The number of piperidine rings is 1. The molecule has 3 aliphatic heterocycles. The normalized spacial score (nSPS) is 21.9. The molecule has 10 heteroatoms. The second-order valence-corrected chi connectivity index (χ2v) is 12.1. The van der Waals surface area contributed by atoms with Crippen LogP contribution in [0.15, 0.2) is 24.3 Å². The largest absolute Gasteiger partial charge is 0.462 e. The van der Waals surface area contributed by atoms with Crippen molar-refractivity contribution in [1.82, 2.24) is 20.2 Å². The van der Waals surface area contributed by atoms with Crippen LogP contribution >= 0.6 is 24.0 Å². The average Bonchev–Trinajstić information content (AvgIpc) is 3.51. The molecule has 1 spiro atoms. The van der Waals surface area contributed by atoms with Crippen molar-refractivity contribution >= 4 is 46.5 Å². The van der Waals surface area contributed by atoms with Gasteiger partial charge in [0.1, 0.15) is 17.9 Å². The molecule has 0 radical (unpaired) electrons. The lowest BCUT2D eigenvalue weighted by Gasteiger charge is -2.48. The van der Waals surface area contributed by atoms with Crippen LogP contribution in [0.3, 0.4) is 0 Å². The fourth-order valence-electron chi connectivity index (χ4n) is 6.82. The number of fused-ring (bicyclic) bond motifs is 2. The summed E-state index contributed by atoms with van der Waals surface area (Å²) in [6.45, 7) is 5.27. The molecule has 4 aliphatic rings. The third kappa shape index (κ3) is 4.63. The summed E-state index contributed by atoms with van der Waals surface area (Å²) >= 11 is 6.81. The number of likely N-dealkylation sites (N-methyl/N-ethyl adjacent to an activating group) is 1. The Labute approximate surface area is 244 Å². The minimum Gasteiger partial charge on any atom is -0.462 e. The van der Waals surface area contributed by atoms with E-state index >= 15 is 4.39 Å². The van der Waals surface area contributed by atoms with Crippen molar-refractivity contribution in [2.75, 3.05) is 51.3 Å². The number of halogens is 3. The van der Waals surface area contributed by atoms with Crippen molar-refractivity contribution in [2.45, 2.75) is 44.6 Å². The maximum atomic E-state index is 16.6. The summed E-state index contributed by atoms with van der Waals surface area (Å²) in [7, 11) is 2.10. The molecule has 0 unspecified atom stereocenters. The molecule has 0 saturated carbocycles. The van der Waals surface area contributed by atoms with E-state index < -0.39 is 5.82 Å². The molecule has 3 fully saturated rings. The summed E-state index contributed by atoms with van der Waals surface area (Å²) in [6.07, 6.45) is 5.41. The van der Waals surface area contributed by atoms with Crippen LogP contribution in [-0.4, -0.2) is 73.1 Å². The monoisotopic (exact) mass is 585 g/mol. The lowest BCUT2D eigenvalue weighted by Crippen LogP contribution is -2.58. The molecule has 3 aromatic rings. The average molecular weight is 587 g/mol. The van der Waals surface area contributed by atoms with Gasteiger partial charge in [0, 0.05) is 55.2 Å². The van der Waals surface area contributed by atoms with E-state index in [9.17, 15) is 4.79 Å². The van der Waals surface area contributed by atoms with Crippen LogP contribution < -0.4 is 15.0 Å². The number of aromatic nitrogens is 2. The van der Waals surface area contributed by atoms with E-state index in [4.69, 9.17) is 21.3 Å². The molecule has 1 aliphatic carbocycles. The third-order valence-electron chi connectivity index (χ3n) is 9.36. The lowest BCUT2D eigenvalue weighted by molar-refractivity contribution is 0.0995. The summed E-state index contributed by atoms with van der Waals surface area (Å²) in [5.41, 5.74) is 2.81. The molecule has 0 bridgehead atoms. The summed E-state index contributed by atoms with van der Waals surface area (Å²) in [6, 6.07) is 7.83. The van der Waals surface area contributed by atoms with Gasteiger partial charge in [-0.2, -0.15) is 9.97 Å². The number of nitrogens with one attached hydrogen (secondary N) is 1. The first-order valence-electron chi connectivity index (χ1n) is 14.1. The zero-order chi connectivity index (χ0) is 26.7. The van der Waals surface area contributed by atoms with Crippen LogP contribution in [0.2, 0.25) is 5.02 Å². The van der Waals surface area contributed by atoms with Crippen LogP contribution in [0.5, 0.6) is 6.01 Å². The number of likely N-dealkylation sites (tertiary alicyclic amines) is 1. The van der Waals surface area contributed by atoms with E-state index in [2.05, 4.69) is 27.1 Å². The maximum Gasteiger partial charge on any atom is 0.319 e. The molecular weight excluding hydrogens is 552 g/mol. The Morgan fingerprint density at radius 1 is 1.15 bits per heavy atom. The van der Waals surface area contributed by atoms with Crippen molar-refractivity contribution in [3.8, 4) is 17.1 Å². The fourth-order valence-corrected chi connectivity index (χ4v) is 7.11. The van der Waals surface area contributed by atoms with Gasteiger partial charge in [-0.3, -0.25) is 4.79 Å². The van der Waals surface area contributed by atoms with E-state index in [0.717, 1.165) is 64.0 Å². The first-order chi connectivity index (χ1) is 18.9. The fraction of sp³-hybridized carbons (Fsp3) is 0.500. The minimum absolute atomic E-state index is 0. The Kier molecular flexibility index (Phi) is 7.40. The first-order valence-corrected chi connectivity index (χ1v) is 14.4. The van der Waals surface area contributed by atoms with Crippen molar-refractivity contribution in [3.05, 3.63) is 46.2 Å². The summed E-state index contributed by atoms with van der Waals surface area (Å²) in [5.74, 6) is 0.157. The van der Waals surface area contributed by atoms with Gasteiger partial charge < -0.3 is 19.9 Å². The Bertz CT molecular complexity index is 1470. The first kappa shape index (κ1) is 27.6. The van der Waals surface area contributed by atoms with Crippen LogP contribution in [0.4, 0.5) is 10.2 Å². The zero-order valence-corrected chi connectivity index (χ0v) is 24.2. The van der Waals surface area contributed by atoms with Gasteiger partial charge in [-0.05, 0) is 68.3 Å². The van der Waals surface area contributed by atoms with E-state index in [-0.39, 0.29) is 46.3 Å². The molecule has 1 N–H and O–H groups in total. The predicted molar refractivity (Wildman–Crippen MR) is 158 cm³/mol. The molecule has 7 rings (SSSR count). The number of Topliss-reactive ketones (excluding diaryl/α,β-unsaturated/α-hetero) is 1. The predicted octanol–water partition coefficient (Wildman–Crippen LogP) is 5.30.